The highest BCUT2D eigenvalue weighted by Gasteiger charge is 2.26. The van der Waals surface area contributed by atoms with Gasteiger partial charge in [0.05, 0.1) is 11.4 Å². The van der Waals surface area contributed by atoms with Crippen LogP contribution in [0.1, 0.15) is 47.9 Å². The van der Waals surface area contributed by atoms with E-state index in [9.17, 15) is 4.79 Å². The number of nitrogens with two attached hydrogens (primary N) is 2. The predicted molar refractivity (Wildman–Crippen MR) is 113 cm³/mol. The molecule has 0 saturated carbocycles. The van der Waals surface area contributed by atoms with Gasteiger partial charge >= 0.3 is 0 Å². The van der Waals surface area contributed by atoms with Crippen LogP contribution >= 0.6 is 0 Å². The number of likely N-dealkylation sites (tertiary alicyclic amines) is 1. The average molecular weight is 424 g/mol. The van der Waals surface area contributed by atoms with Crippen molar-refractivity contribution in [2.24, 2.45) is 5.10 Å². The minimum Gasteiger partial charge on any atom is -0.399 e. The molecular weight excluding hydrogens is 400 g/mol. The van der Waals surface area contributed by atoms with E-state index in [1.54, 1.807) is 19.1 Å². The molecule has 4 rings (SSSR count). The molecule has 3 heterocycles. The van der Waals surface area contributed by atoms with Crippen molar-refractivity contribution in [1.82, 2.24) is 35.6 Å². The summed E-state index contributed by atoms with van der Waals surface area (Å²) in [6.07, 6.45) is 3.39. The molecule has 1 aliphatic rings. The topological polar surface area (TPSA) is 166 Å². The van der Waals surface area contributed by atoms with Gasteiger partial charge in [-0.15, -0.1) is 5.10 Å². The number of benzene rings is 1. The number of nitrogens with zero attached hydrogens (tertiary/aromatic N) is 7. The largest absolute Gasteiger partial charge is 0.399 e. The van der Waals surface area contributed by atoms with Crippen LogP contribution in [0.25, 0.3) is 5.82 Å². The average Bonchev–Trinajstić information content (AvgIpc) is 3.38. The molecule has 0 aliphatic carbocycles. The number of nitrogen functional groups attached to an aromatic ring is 2. The third kappa shape index (κ3) is 4.53. The second-order valence-electron chi connectivity index (χ2n) is 7.37. The van der Waals surface area contributed by atoms with Crippen molar-refractivity contribution in [2.75, 3.05) is 24.6 Å². The molecule has 0 unspecified atom stereocenters. The van der Waals surface area contributed by atoms with Gasteiger partial charge in [-0.05, 0) is 60.9 Å². The first-order chi connectivity index (χ1) is 15.0. The molecule has 162 valence electrons. The number of hydrogen-bond acceptors (Lipinski definition) is 10. The van der Waals surface area contributed by atoms with Crippen molar-refractivity contribution in [3.63, 3.8) is 0 Å². The summed E-state index contributed by atoms with van der Waals surface area (Å²) in [4.78, 5) is 15.1. The summed E-state index contributed by atoms with van der Waals surface area (Å²) in [5, 5.41) is 19.7. The molecule has 1 aromatic carbocycles. The van der Waals surface area contributed by atoms with E-state index in [1.165, 1.54) is 11.1 Å². The number of carbonyl (C=O) groups excluding carboxylic acids is 1. The molecule has 0 radical (unpaired) electrons. The van der Waals surface area contributed by atoms with Crippen LogP contribution in [0.2, 0.25) is 0 Å². The molecular formula is C19H24N10O2. The quantitative estimate of drug-likeness (QED) is 0.296. The van der Waals surface area contributed by atoms with E-state index in [0.717, 1.165) is 31.5 Å². The van der Waals surface area contributed by atoms with Gasteiger partial charge in [-0.1, -0.05) is 23.8 Å². The van der Waals surface area contributed by atoms with Gasteiger partial charge in [0.1, 0.15) is 0 Å². The molecule has 0 spiro atoms. The van der Waals surface area contributed by atoms with Crippen LogP contribution in [0.4, 0.5) is 11.5 Å². The number of piperidine rings is 1. The zero-order valence-electron chi connectivity index (χ0n) is 17.2. The van der Waals surface area contributed by atoms with Gasteiger partial charge in [0.2, 0.25) is 11.6 Å². The zero-order chi connectivity index (χ0) is 21.8. The first-order valence-corrected chi connectivity index (χ1v) is 9.99. The molecule has 0 bridgehead atoms. The highest BCUT2D eigenvalue weighted by molar-refractivity contribution is 6.00. The lowest BCUT2D eigenvalue weighted by Gasteiger charge is -2.26. The molecule has 31 heavy (non-hydrogen) atoms. The Balaban J connectivity index is 1.59. The number of hydrogen-bond donors (Lipinski definition) is 3. The Morgan fingerprint density at radius 2 is 1.90 bits per heavy atom. The summed E-state index contributed by atoms with van der Waals surface area (Å²) in [6, 6.07) is 7.21. The maximum Gasteiger partial charge on any atom is 0.293 e. The summed E-state index contributed by atoms with van der Waals surface area (Å²) >= 11 is 0. The predicted octanol–water partition coefficient (Wildman–Crippen LogP) is 0.955. The van der Waals surface area contributed by atoms with Crippen LogP contribution in [0.3, 0.4) is 0 Å². The Labute approximate surface area is 178 Å². The van der Waals surface area contributed by atoms with Crippen LogP contribution in [0.15, 0.2) is 34.0 Å². The van der Waals surface area contributed by atoms with Gasteiger partial charge in [-0.25, -0.2) is 10.1 Å². The molecule has 1 amide bonds. The third-order valence-electron chi connectivity index (χ3n) is 5.15. The van der Waals surface area contributed by atoms with Crippen LogP contribution in [-0.2, 0) is 6.54 Å². The molecule has 5 N–H and O–H groups in total. The van der Waals surface area contributed by atoms with Crippen LogP contribution in [0, 0.1) is 0 Å². The lowest BCUT2D eigenvalue weighted by molar-refractivity contribution is 0.0947. The maximum absolute atomic E-state index is 12.9. The fourth-order valence-corrected chi connectivity index (χ4v) is 3.43. The first-order valence-electron chi connectivity index (χ1n) is 9.99. The maximum atomic E-state index is 12.9. The summed E-state index contributed by atoms with van der Waals surface area (Å²) in [5.41, 5.74) is 16.9. The van der Waals surface area contributed by atoms with Crippen molar-refractivity contribution in [3.8, 4) is 5.82 Å². The van der Waals surface area contributed by atoms with Gasteiger partial charge in [0, 0.05) is 12.2 Å². The number of amides is 1. The Morgan fingerprint density at radius 3 is 2.58 bits per heavy atom. The fraction of sp³-hybridized carbons (Fsp3) is 0.368. The fourth-order valence-electron chi connectivity index (χ4n) is 3.43. The van der Waals surface area contributed by atoms with Gasteiger partial charge in [0.15, 0.2) is 5.69 Å². The molecule has 0 atom stereocenters. The first kappa shape index (κ1) is 20.5. The number of aromatic nitrogens is 5. The van der Waals surface area contributed by atoms with E-state index in [1.807, 2.05) is 12.1 Å². The Bertz CT molecular complexity index is 1080. The van der Waals surface area contributed by atoms with E-state index in [2.05, 4.69) is 36.1 Å². The van der Waals surface area contributed by atoms with Crippen molar-refractivity contribution in [2.45, 2.75) is 32.7 Å². The molecule has 2 aromatic heterocycles. The van der Waals surface area contributed by atoms with Gasteiger partial charge < -0.3 is 11.5 Å². The SMILES string of the molecule is C/C(=N/NC(=O)c1nnn(-c2nonc2N)c1CN1CCCCC1)c1ccc(N)cc1. The molecule has 1 aliphatic heterocycles. The summed E-state index contributed by atoms with van der Waals surface area (Å²) in [7, 11) is 0. The summed E-state index contributed by atoms with van der Waals surface area (Å²) in [5.74, 6) is -0.225. The monoisotopic (exact) mass is 424 g/mol. The number of nitrogens with one attached hydrogen (secondary N) is 1. The molecule has 12 nitrogen and oxygen atoms in total. The van der Waals surface area contributed by atoms with Crippen LogP contribution in [-0.4, -0.2) is 54.9 Å². The minimum absolute atomic E-state index is 0.0639. The van der Waals surface area contributed by atoms with Crippen molar-refractivity contribution >= 4 is 23.1 Å². The lowest BCUT2D eigenvalue weighted by atomic mass is 10.1. The Kier molecular flexibility index (Phi) is 5.89. The van der Waals surface area contributed by atoms with E-state index in [4.69, 9.17) is 16.1 Å². The second-order valence-corrected chi connectivity index (χ2v) is 7.37. The second kappa shape index (κ2) is 8.92. The van der Waals surface area contributed by atoms with Crippen molar-refractivity contribution < 1.29 is 9.42 Å². The molecule has 3 aromatic rings. The van der Waals surface area contributed by atoms with Crippen LogP contribution < -0.4 is 16.9 Å². The smallest absolute Gasteiger partial charge is 0.293 e. The summed E-state index contributed by atoms with van der Waals surface area (Å²) < 4.78 is 6.09. The Hall–Kier alpha value is -3.80. The summed E-state index contributed by atoms with van der Waals surface area (Å²) in [6.45, 7) is 4.10. The standard InChI is InChI=1S/C19H24N10O2/c1-12(13-5-7-14(20)8-6-13)22-24-19(30)16-15(11-28-9-3-2-4-10-28)29(27-23-16)18-17(21)25-31-26-18/h5-8H,2-4,9-11,20H2,1H3,(H2,21,25)(H,24,30)/b22-12-. The highest BCUT2D eigenvalue weighted by Crippen LogP contribution is 2.19. The van der Waals surface area contributed by atoms with Crippen LogP contribution in [0.5, 0.6) is 0 Å². The van der Waals surface area contributed by atoms with Gasteiger partial charge in [0.25, 0.3) is 5.91 Å². The number of carbonyl (C=O) groups is 1. The highest BCUT2D eigenvalue weighted by atomic mass is 16.6. The minimum atomic E-state index is -0.483. The third-order valence-corrected chi connectivity index (χ3v) is 5.15. The van der Waals surface area contributed by atoms with E-state index < -0.39 is 5.91 Å². The lowest BCUT2D eigenvalue weighted by Crippen LogP contribution is -2.31. The van der Waals surface area contributed by atoms with E-state index >= 15 is 0 Å². The molecule has 1 fully saturated rings. The molecule has 12 heteroatoms. The Morgan fingerprint density at radius 1 is 1.16 bits per heavy atom. The van der Waals surface area contributed by atoms with Gasteiger partial charge in [-0.2, -0.15) is 9.78 Å². The zero-order valence-corrected chi connectivity index (χ0v) is 17.2. The number of hydrazone groups is 1. The number of rotatable bonds is 6. The van der Waals surface area contributed by atoms with E-state index in [-0.39, 0.29) is 17.3 Å². The molecule has 1 saturated heterocycles. The van der Waals surface area contributed by atoms with Crippen molar-refractivity contribution in [1.29, 1.82) is 0 Å². The van der Waals surface area contributed by atoms with E-state index in [0.29, 0.717) is 23.6 Å². The number of anilines is 2. The van der Waals surface area contributed by atoms with Gasteiger partial charge in [-0.3, -0.25) is 9.69 Å². The van der Waals surface area contributed by atoms with Crippen molar-refractivity contribution in [3.05, 3.63) is 41.2 Å². The normalized spacial score (nSPS) is 15.2.